The van der Waals surface area contributed by atoms with Gasteiger partial charge in [0.05, 0.1) is 17.0 Å². The molecule has 4 heteroatoms. The Morgan fingerprint density at radius 3 is 2.17 bits per heavy atom. The van der Waals surface area contributed by atoms with E-state index < -0.39 is 0 Å². The van der Waals surface area contributed by atoms with Gasteiger partial charge in [0.15, 0.2) is 5.65 Å². The van der Waals surface area contributed by atoms with Gasteiger partial charge in [-0.05, 0) is 76.6 Å². The highest BCUT2D eigenvalue weighted by Gasteiger charge is 2.22. The molecule has 0 bridgehead atoms. The summed E-state index contributed by atoms with van der Waals surface area (Å²) in [5.74, 6) is 0.647. The molecule has 0 saturated carbocycles. The number of hydrogen-bond donors (Lipinski definition) is 0. The van der Waals surface area contributed by atoms with Crippen molar-refractivity contribution in [2.24, 2.45) is 5.92 Å². The van der Waals surface area contributed by atoms with E-state index >= 15 is 0 Å². The molecule has 1 atom stereocenters. The highest BCUT2D eigenvalue weighted by Crippen LogP contribution is 2.36. The lowest BCUT2D eigenvalue weighted by molar-refractivity contribution is 0.434. The maximum atomic E-state index is 5.03. The molecule has 4 rings (SSSR count). The molecule has 1 aromatic carbocycles. The molecule has 0 spiro atoms. The first-order valence-electron chi connectivity index (χ1n) is 10.6. The van der Waals surface area contributed by atoms with Crippen LogP contribution in [-0.4, -0.2) is 19.2 Å². The molecule has 0 saturated heterocycles. The third-order valence-corrected chi connectivity index (χ3v) is 6.00. The summed E-state index contributed by atoms with van der Waals surface area (Å²) in [6.07, 6.45) is 3.33. The van der Waals surface area contributed by atoms with Crippen molar-refractivity contribution in [1.29, 1.82) is 0 Å². The van der Waals surface area contributed by atoms with E-state index in [1.54, 1.807) is 0 Å². The van der Waals surface area contributed by atoms with Crippen LogP contribution in [0.2, 0.25) is 0 Å². The summed E-state index contributed by atoms with van der Waals surface area (Å²) in [6.45, 7) is 17.6. The molecule has 4 nitrogen and oxygen atoms in total. The summed E-state index contributed by atoms with van der Waals surface area (Å²) in [5, 5.41) is 6.17. The molecule has 0 N–H and O–H groups in total. The molecule has 0 fully saturated rings. The summed E-state index contributed by atoms with van der Waals surface area (Å²) >= 11 is 0. The van der Waals surface area contributed by atoms with E-state index in [1.807, 2.05) is 0 Å². The van der Waals surface area contributed by atoms with Crippen molar-refractivity contribution in [3.63, 3.8) is 0 Å². The molecule has 3 heterocycles. The van der Waals surface area contributed by atoms with Gasteiger partial charge >= 0.3 is 0 Å². The van der Waals surface area contributed by atoms with Crippen molar-refractivity contribution in [2.45, 2.75) is 67.9 Å². The van der Waals surface area contributed by atoms with Gasteiger partial charge in [-0.15, -0.1) is 0 Å². The van der Waals surface area contributed by atoms with Gasteiger partial charge in [0.1, 0.15) is 5.65 Å². The van der Waals surface area contributed by atoms with Crippen molar-refractivity contribution < 1.29 is 0 Å². The maximum absolute atomic E-state index is 5.03. The van der Waals surface area contributed by atoms with Gasteiger partial charge in [0.25, 0.3) is 0 Å². The summed E-state index contributed by atoms with van der Waals surface area (Å²) in [7, 11) is 0. The van der Waals surface area contributed by atoms with Gasteiger partial charge < -0.3 is 4.57 Å². The average Bonchev–Trinajstić information content (AvgIpc) is 3.17. The molecule has 0 aliphatic carbocycles. The van der Waals surface area contributed by atoms with E-state index in [0.29, 0.717) is 12.0 Å². The SMILES string of the molecule is Cc1cc(C)c(-c2c(C)nn3c2nc(C)c2ccn(C(C)CC(C)C)c23)c(C)c1. The van der Waals surface area contributed by atoms with Gasteiger partial charge in [-0.1, -0.05) is 31.5 Å². The van der Waals surface area contributed by atoms with Crippen LogP contribution in [0.15, 0.2) is 24.4 Å². The minimum Gasteiger partial charge on any atom is -0.330 e. The fourth-order valence-corrected chi connectivity index (χ4v) is 4.95. The van der Waals surface area contributed by atoms with Crippen molar-refractivity contribution in [1.82, 2.24) is 19.2 Å². The second-order valence-electron chi connectivity index (χ2n) is 9.11. The van der Waals surface area contributed by atoms with Gasteiger partial charge in [-0.2, -0.15) is 9.61 Å². The number of benzene rings is 1. The van der Waals surface area contributed by atoms with E-state index in [9.17, 15) is 0 Å². The van der Waals surface area contributed by atoms with E-state index in [-0.39, 0.29) is 0 Å². The number of aryl methyl sites for hydroxylation is 5. The fraction of sp³-hybridized carbons (Fsp3) is 0.440. The predicted octanol–water partition coefficient (Wildman–Crippen LogP) is 6.50. The Bertz CT molecular complexity index is 1200. The molecule has 1 unspecified atom stereocenters. The number of rotatable bonds is 4. The quantitative estimate of drug-likeness (QED) is 0.400. The lowest BCUT2D eigenvalue weighted by Gasteiger charge is -2.18. The first kappa shape index (κ1) is 19.7. The van der Waals surface area contributed by atoms with E-state index in [0.717, 1.165) is 34.7 Å². The minimum absolute atomic E-state index is 0.410. The molecule has 0 amide bonds. The Hall–Kier alpha value is -2.62. The lowest BCUT2D eigenvalue weighted by Crippen LogP contribution is -2.10. The van der Waals surface area contributed by atoms with Crippen LogP contribution in [0.1, 0.15) is 61.3 Å². The Morgan fingerprint density at radius 2 is 1.55 bits per heavy atom. The molecule has 0 radical (unpaired) electrons. The van der Waals surface area contributed by atoms with E-state index in [2.05, 4.69) is 88.9 Å². The van der Waals surface area contributed by atoms with Crippen LogP contribution in [0.3, 0.4) is 0 Å². The highest BCUT2D eigenvalue weighted by molar-refractivity contribution is 5.89. The predicted molar refractivity (Wildman–Crippen MR) is 122 cm³/mol. The van der Waals surface area contributed by atoms with Gasteiger partial charge in [0.2, 0.25) is 0 Å². The smallest absolute Gasteiger partial charge is 0.165 e. The van der Waals surface area contributed by atoms with Crippen molar-refractivity contribution in [3.8, 4) is 11.1 Å². The summed E-state index contributed by atoms with van der Waals surface area (Å²) < 4.78 is 4.45. The molecule has 0 aliphatic rings. The zero-order valence-electron chi connectivity index (χ0n) is 19.0. The molecular formula is C25H32N4. The Morgan fingerprint density at radius 1 is 0.897 bits per heavy atom. The second-order valence-corrected chi connectivity index (χ2v) is 9.11. The lowest BCUT2D eigenvalue weighted by atomic mass is 9.94. The normalized spacial score (nSPS) is 13.1. The van der Waals surface area contributed by atoms with Crippen LogP contribution in [-0.2, 0) is 0 Å². The maximum Gasteiger partial charge on any atom is 0.165 e. The largest absolute Gasteiger partial charge is 0.330 e. The third kappa shape index (κ3) is 3.15. The monoisotopic (exact) mass is 388 g/mol. The minimum atomic E-state index is 0.410. The van der Waals surface area contributed by atoms with Crippen molar-refractivity contribution >= 4 is 16.7 Å². The topological polar surface area (TPSA) is 35.1 Å². The Balaban J connectivity index is 2.06. The Labute approximate surface area is 173 Å². The van der Waals surface area contributed by atoms with Crippen LogP contribution < -0.4 is 0 Å². The highest BCUT2D eigenvalue weighted by atomic mass is 15.3. The van der Waals surface area contributed by atoms with Crippen molar-refractivity contribution in [2.75, 3.05) is 0 Å². The Kier molecular flexibility index (Phi) is 4.76. The van der Waals surface area contributed by atoms with Crippen molar-refractivity contribution in [3.05, 3.63) is 52.5 Å². The zero-order chi connectivity index (χ0) is 21.0. The van der Waals surface area contributed by atoms with E-state index in [1.165, 1.54) is 27.6 Å². The molecular weight excluding hydrogens is 356 g/mol. The van der Waals surface area contributed by atoms with Crippen LogP contribution >= 0.6 is 0 Å². The standard InChI is InChI=1S/C25H32N4/c1-14(2)11-18(6)28-10-9-21-19(7)26-24-23(20(8)27-29(24)25(21)28)22-16(4)12-15(3)13-17(22)5/h9-10,12-14,18H,11H2,1-8H3. The number of hydrogen-bond acceptors (Lipinski definition) is 2. The third-order valence-electron chi connectivity index (χ3n) is 6.00. The second kappa shape index (κ2) is 7.01. The molecule has 4 aromatic rings. The van der Waals surface area contributed by atoms with Crippen LogP contribution in [0.5, 0.6) is 0 Å². The summed E-state index contributed by atoms with van der Waals surface area (Å²) in [5.41, 5.74) is 10.5. The van der Waals surface area contributed by atoms with Crippen LogP contribution in [0, 0.1) is 40.5 Å². The number of fused-ring (bicyclic) bond motifs is 3. The molecule has 0 aliphatic heterocycles. The van der Waals surface area contributed by atoms with Gasteiger partial charge in [0, 0.05) is 17.6 Å². The van der Waals surface area contributed by atoms with Crippen LogP contribution in [0.4, 0.5) is 0 Å². The van der Waals surface area contributed by atoms with E-state index in [4.69, 9.17) is 10.1 Å². The van der Waals surface area contributed by atoms with Crippen LogP contribution in [0.25, 0.3) is 27.8 Å². The zero-order valence-corrected chi connectivity index (χ0v) is 19.0. The first-order chi connectivity index (χ1) is 13.7. The molecule has 152 valence electrons. The molecule has 29 heavy (non-hydrogen) atoms. The number of aromatic nitrogens is 4. The molecule has 3 aromatic heterocycles. The van der Waals surface area contributed by atoms with Gasteiger partial charge in [-0.3, -0.25) is 0 Å². The fourth-order valence-electron chi connectivity index (χ4n) is 4.95. The first-order valence-corrected chi connectivity index (χ1v) is 10.6. The summed E-state index contributed by atoms with van der Waals surface area (Å²) in [6, 6.07) is 7.11. The van der Waals surface area contributed by atoms with Gasteiger partial charge in [-0.25, -0.2) is 4.98 Å². The number of nitrogens with zero attached hydrogens (tertiary/aromatic N) is 4. The average molecular weight is 389 g/mol. The summed E-state index contributed by atoms with van der Waals surface area (Å²) in [4.78, 5) is 5.03.